The molecule has 0 radical (unpaired) electrons. The molecule has 2 heterocycles. The first-order valence-corrected chi connectivity index (χ1v) is 8.50. The molecule has 2 aromatic rings. The van der Waals surface area contributed by atoms with Crippen LogP contribution in [0.1, 0.15) is 25.0 Å². The molecule has 1 aliphatic rings. The van der Waals surface area contributed by atoms with Gasteiger partial charge in [-0.3, -0.25) is 0 Å². The Morgan fingerprint density at radius 1 is 1.42 bits per heavy atom. The van der Waals surface area contributed by atoms with Crippen molar-refractivity contribution >= 4 is 22.7 Å². The lowest BCUT2D eigenvalue weighted by atomic mass is 10.1. The number of thiazole rings is 1. The van der Waals surface area contributed by atoms with Gasteiger partial charge in [-0.2, -0.15) is 11.3 Å². The van der Waals surface area contributed by atoms with Crippen molar-refractivity contribution in [3.8, 4) is 10.6 Å². The van der Waals surface area contributed by atoms with E-state index >= 15 is 0 Å². The largest absolute Gasteiger partial charge is 0.396 e. The molecule has 0 aromatic carbocycles. The first kappa shape index (κ1) is 13.2. The van der Waals surface area contributed by atoms with Crippen LogP contribution >= 0.6 is 22.7 Å². The summed E-state index contributed by atoms with van der Waals surface area (Å²) in [6.45, 7) is 1.08. The summed E-state index contributed by atoms with van der Waals surface area (Å²) in [7, 11) is 0. The Kier molecular flexibility index (Phi) is 4.28. The molecule has 3 nitrogen and oxygen atoms in total. The zero-order valence-electron chi connectivity index (χ0n) is 10.7. The number of rotatable bonds is 7. The molecule has 1 saturated carbocycles. The lowest BCUT2D eigenvalue weighted by Gasteiger charge is -2.16. The molecular weight excluding hydrogens is 276 g/mol. The Morgan fingerprint density at radius 2 is 2.32 bits per heavy atom. The minimum atomic E-state index is 0.269. The second-order valence-corrected chi connectivity index (χ2v) is 6.63. The predicted molar refractivity (Wildman–Crippen MR) is 80.5 cm³/mol. The molecule has 2 N–H and O–H groups in total. The summed E-state index contributed by atoms with van der Waals surface area (Å²) in [5, 5.41) is 20.1. The van der Waals surface area contributed by atoms with Crippen LogP contribution in [0.25, 0.3) is 10.6 Å². The van der Waals surface area contributed by atoms with Crippen LogP contribution in [0.5, 0.6) is 0 Å². The average Bonchev–Trinajstić information content (AvgIpc) is 2.93. The molecule has 0 aliphatic heterocycles. The van der Waals surface area contributed by atoms with Crippen LogP contribution in [0.2, 0.25) is 0 Å². The van der Waals surface area contributed by atoms with Crippen molar-refractivity contribution in [2.24, 2.45) is 5.92 Å². The highest BCUT2D eigenvalue weighted by molar-refractivity contribution is 7.14. The summed E-state index contributed by atoms with van der Waals surface area (Å²) in [4.78, 5) is 4.66. The number of hydrogen-bond donors (Lipinski definition) is 2. The maximum atomic E-state index is 9.09. The Bertz CT molecular complexity index is 505. The molecule has 1 atom stereocenters. The summed E-state index contributed by atoms with van der Waals surface area (Å²) >= 11 is 3.41. The van der Waals surface area contributed by atoms with Crippen molar-refractivity contribution in [3.05, 3.63) is 27.9 Å². The van der Waals surface area contributed by atoms with Gasteiger partial charge in [0.25, 0.3) is 0 Å². The summed E-state index contributed by atoms with van der Waals surface area (Å²) < 4.78 is 0. The van der Waals surface area contributed by atoms with E-state index in [9.17, 15) is 0 Å². The number of aliphatic hydroxyl groups is 1. The molecule has 1 fully saturated rings. The van der Waals surface area contributed by atoms with E-state index in [4.69, 9.17) is 5.11 Å². The van der Waals surface area contributed by atoms with Crippen molar-refractivity contribution in [2.45, 2.75) is 31.8 Å². The van der Waals surface area contributed by atoms with Crippen LogP contribution in [0.4, 0.5) is 0 Å². The topological polar surface area (TPSA) is 45.1 Å². The SMILES string of the molecule is OCCC(NCc1csc(-c2ccsc2)n1)C1CC1. The van der Waals surface area contributed by atoms with Crippen LogP contribution in [0, 0.1) is 5.92 Å². The lowest BCUT2D eigenvalue weighted by molar-refractivity contribution is 0.255. The second-order valence-electron chi connectivity index (χ2n) is 4.99. The maximum Gasteiger partial charge on any atom is 0.124 e. The third-order valence-corrected chi connectivity index (χ3v) is 5.12. The van der Waals surface area contributed by atoms with Gasteiger partial charge in [-0.1, -0.05) is 0 Å². The fraction of sp³-hybridized carbons (Fsp3) is 0.500. The van der Waals surface area contributed by atoms with Gasteiger partial charge < -0.3 is 10.4 Å². The molecule has 5 heteroatoms. The Labute approximate surface area is 121 Å². The standard InChI is InChI=1S/C14H18N2OS2/c17-5-3-13(10-1-2-10)15-7-12-9-19-14(16-12)11-4-6-18-8-11/h4,6,8-10,13,15,17H,1-3,5,7H2. The average molecular weight is 294 g/mol. The van der Waals surface area contributed by atoms with E-state index in [-0.39, 0.29) is 6.61 Å². The van der Waals surface area contributed by atoms with E-state index in [1.807, 2.05) is 0 Å². The van der Waals surface area contributed by atoms with Crippen molar-refractivity contribution in [3.63, 3.8) is 0 Å². The van der Waals surface area contributed by atoms with Crippen molar-refractivity contribution in [1.82, 2.24) is 10.3 Å². The highest BCUT2D eigenvalue weighted by Gasteiger charge is 2.30. The summed E-state index contributed by atoms with van der Waals surface area (Å²) in [5.41, 5.74) is 2.32. The molecule has 2 aromatic heterocycles. The van der Waals surface area contributed by atoms with Gasteiger partial charge in [0.15, 0.2) is 0 Å². The highest BCUT2D eigenvalue weighted by atomic mass is 32.1. The number of aliphatic hydroxyl groups excluding tert-OH is 1. The smallest absolute Gasteiger partial charge is 0.124 e. The van der Waals surface area contributed by atoms with Crippen molar-refractivity contribution < 1.29 is 5.11 Å². The van der Waals surface area contributed by atoms with Crippen molar-refractivity contribution in [2.75, 3.05) is 6.61 Å². The minimum absolute atomic E-state index is 0.269. The van der Waals surface area contributed by atoms with Gasteiger partial charge in [0.1, 0.15) is 5.01 Å². The molecule has 102 valence electrons. The highest BCUT2D eigenvalue weighted by Crippen LogP contribution is 2.34. The maximum absolute atomic E-state index is 9.09. The molecule has 1 aliphatic carbocycles. The first-order valence-electron chi connectivity index (χ1n) is 6.68. The summed E-state index contributed by atoms with van der Waals surface area (Å²) in [5.74, 6) is 0.766. The van der Waals surface area contributed by atoms with Gasteiger partial charge in [-0.15, -0.1) is 11.3 Å². The van der Waals surface area contributed by atoms with Crippen LogP contribution < -0.4 is 5.32 Å². The van der Waals surface area contributed by atoms with E-state index in [1.54, 1.807) is 22.7 Å². The Hall–Kier alpha value is -0.750. The van der Waals surface area contributed by atoms with Gasteiger partial charge in [-0.05, 0) is 36.6 Å². The summed E-state index contributed by atoms with van der Waals surface area (Å²) in [6, 6.07) is 2.57. The van der Waals surface area contributed by atoms with E-state index in [1.165, 1.54) is 18.4 Å². The molecule has 0 saturated heterocycles. The fourth-order valence-electron chi connectivity index (χ4n) is 2.28. The molecule has 0 spiro atoms. The van der Waals surface area contributed by atoms with Gasteiger partial charge in [-0.25, -0.2) is 4.98 Å². The number of hydrogen-bond acceptors (Lipinski definition) is 5. The predicted octanol–water partition coefficient (Wildman–Crippen LogP) is 3.12. The Balaban J connectivity index is 1.58. The first-order chi connectivity index (χ1) is 9.36. The van der Waals surface area contributed by atoms with E-state index < -0.39 is 0 Å². The quantitative estimate of drug-likeness (QED) is 0.824. The van der Waals surface area contributed by atoms with E-state index in [0.29, 0.717) is 6.04 Å². The van der Waals surface area contributed by atoms with E-state index in [0.717, 1.165) is 29.6 Å². The third kappa shape index (κ3) is 3.42. The zero-order valence-corrected chi connectivity index (χ0v) is 12.3. The third-order valence-electron chi connectivity index (χ3n) is 3.50. The molecule has 1 unspecified atom stereocenters. The molecule has 19 heavy (non-hydrogen) atoms. The Morgan fingerprint density at radius 3 is 3.00 bits per heavy atom. The molecule has 3 rings (SSSR count). The van der Waals surface area contributed by atoms with E-state index in [2.05, 4.69) is 32.5 Å². The van der Waals surface area contributed by atoms with Gasteiger partial charge in [0.2, 0.25) is 0 Å². The van der Waals surface area contributed by atoms with Gasteiger partial charge in [0, 0.05) is 35.5 Å². The summed E-state index contributed by atoms with van der Waals surface area (Å²) in [6.07, 6.45) is 3.45. The monoisotopic (exact) mass is 294 g/mol. The number of nitrogens with zero attached hydrogens (tertiary/aromatic N) is 1. The van der Waals surface area contributed by atoms with Crippen LogP contribution in [0.15, 0.2) is 22.2 Å². The van der Waals surface area contributed by atoms with Crippen LogP contribution in [-0.2, 0) is 6.54 Å². The normalized spacial score (nSPS) is 16.7. The second kappa shape index (κ2) is 6.13. The van der Waals surface area contributed by atoms with Gasteiger partial charge in [0.05, 0.1) is 5.69 Å². The molecule has 0 bridgehead atoms. The van der Waals surface area contributed by atoms with Crippen LogP contribution in [0.3, 0.4) is 0 Å². The number of thiophene rings is 1. The fourth-order valence-corrected chi connectivity index (χ4v) is 3.82. The molecule has 0 amide bonds. The number of aromatic nitrogens is 1. The van der Waals surface area contributed by atoms with Gasteiger partial charge >= 0.3 is 0 Å². The van der Waals surface area contributed by atoms with Crippen molar-refractivity contribution in [1.29, 1.82) is 0 Å². The zero-order chi connectivity index (χ0) is 13.1. The minimum Gasteiger partial charge on any atom is -0.396 e. The lowest BCUT2D eigenvalue weighted by Crippen LogP contribution is -2.31. The van der Waals surface area contributed by atoms with Crippen LogP contribution in [-0.4, -0.2) is 22.7 Å². The molecular formula is C14H18N2OS2. The number of nitrogens with one attached hydrogen (secondary N) is 1.